The van der Waals surface area contributed by atoms with Gasteiger partial charge in [0.25, 0.3) is 0 Å². The SMILES string of the molecule is Cc1c2c(c(NC(=O)N=S(N)(=O)c3cnn4c3OCCC4)c3c1CC[C@H]3C)CCC2. The van der Waals surface area contributed by atoms with Crippen LogP contribution in [0.4, 0.5) is 10.5 Å². The van der Waals surface area contributed by atoms with Crippen molar-refractivity contribution in [3.63, 3.8) is 0 Å². The number of amides is 2. The number of rotatable bonds is 2. The Morgan fingerprint density at radius 1 is 1.30 bits per heavy atom. The molecule has 1 aliphatic heterocycles. The standard InChI is InChI=1S/C21H27N5O3S/c1-12-7-8-15-13(2)14-5-3-6-16(14)19(18(12)15)24-21(27)25-30(22,28)17-11-23-26-9-4-10-29-20(17)26/h11-12H,3-10H2,1-2H3,(H3,22,24,25,27,28)/t12-,30?/m1/s1. The lowest BCUT2D eigenvalue weighted by atomic mass is 9.90. The molecule has 1 aromatic carbocycles. The Morgan fingerprint density at radius 3 is 2.93 bits per heavy atom. The van der Waals surface area contributed by atoms with Gasteiger partial charge >= 0.3 is 6.03 Å². The van der Waals surface area contributed by atoms with Crippen LogP contribution in [-0.2, 0) is 35.7 Å². The largest absolute Gasteiger partial charge is 0.477 e. The average Bonchev–Trinajstić information content (AvgIpc) is 3.43. The van der Waals surface area contributed by atoms with E-state index in [1.54, 1.807) is 4.68 Å². The van der Waals surface area contributed by atoms with Crippen molar-refractivity contribution in [3.05, 3.63) is 34.0 Å². The molecule has 0 spiro atoms. The van der Waals surface area contributed by atoms with Gasteiger partial charge in [0.05, 0.1) is 12.8 Å². The summed E-state index contributed by atoms with van der Waals surface area (Å²) in [5.74, 6) is 0.717. The van der Waals surface area contributed by atoms with Crippen LogP contribution in [0.25, 0.3) is 0 Å². The number of aromatic nitrogens is 2. The highest BCUT2D eigenvalue weighted by molar-refractivity contribution is 7.91. The summed E-state index contributed by atoms with van der Waals surface area (Å²) in [6.45, 7) is 5.56. The maximum Gasteiger partial charge on any atom is 0.354 e. The molecule has 1 unspecified atom stereocenters. The Morgan fingerprint density at radius 2 is 2.10 bits per heavy atom. The Hall–Kier alpha value is -2.39. The molecule has 1 aromatic heterocycles. The molecule has 5 rings (SSSR count). The maximum absolute atomic E-state index is 13.1. The van der Waals surface area contributed by atoms with Crippen molar-refractivity contribution < 1.29 is 13.7 Å². The molecule has 9 heteroatoms. The Balaban J connectivity index is 1.53. The van der Waals surface area contributed by atoms with Gasteiger partial charge in [0.15, 0.2) is 9.92 Å². The van der Waals surface area contributed by atoms with Crippen molar-refractivity contribution in [1.29, 1.82) is 0 Å². The summed E-state index contributed by atoms with van der Waals surface area (Å²) in [5.41, 5.74) is 7.37. The van der Waals surface area contributed by atoms with Crippen LogP contribution in [0, 0.1) is 6.92 Å². The number of ether oxygens (including phenoxy) is 1. The second kappa shape index (κ2) is 7.09. The summed E-state index contributed by atoms with van der Waals surface area (Å²) < 4.78 is 24.2. The zero-order valence-electron chi connectivity index (χ0n) is 17.4. The number of urea groups is 1. The van der Waals surface area contributed by atoms with Crippen LogP contribution in [0.1, 0.15) is 59.9 Å². The zero-order valence-corrected chi connectivity index (χ0v) is 18.2. The van der Waals surface area contributed by atoms with Gasteiger partial charge in [-0.25, -0.2) is 18.8 Å². The van der Waals surface area contributed by atoms with Crippen molar-refractivity contribution in [1.82, 2.24) is 9.78 Å². The molecule has 0 saturated carbocycles. The van der Waals surface area contributed by atoms with Crippen molar-refractivity contribution in [2.24, 2.45) is 9.50 Å². The van der Waals surface area contributed by atoms with E-state index in [1.807, 2.05) is 0 Å². The lowest BCUT2D eigenvalue weighted by Gasteiger charge is -2.20. The molecule has 2 aliphatic carbocycles. The fourth-order valence-corrected chi connectivity index (χ4v) is 6.20. The van der Waals surface area contributed by atoms with Crippen LogP contribution in [0.2, 0.25) is 0 Å². The number of aryl methyl sites for hydroxylation is 1. The third-order valence-electron chi connectivity index (χ3n) is 6.62. The summed E-state index contributed by atoms with van der Waals surface area (Å²) in [5, 5.41) is 13.1. The summed E-state index contributed by atoms with van der Waals surface area (Å²) in [6.07, 6.45) is 7.38. The number of hydrogen-bond donors (Lipinski definition) is 2. The molecule has 2 amide bonds. The number of fused-ring (bicyclic) bond motifs is 3. The molecule has 0 radical (unpaired) electrons. The third-order valence-corrected chi connectivity index (χ3v) is 7.96. The molecule has 8 nitrogen and oxygen atoms in total. The summed E-state index contributed by atoms with van der Waals surface area (Å²) >= 11 is 0. The average molecular weight is 430 g/mol. The first kappa shape index (κ1) is 19.6. The van der Waals surface area contributed by atoms with E-state index in [9.17, 15) is 9.00 Å². The monoisotopic (exact) mass is 429 g/mol. The molecule has 3 aliphatic rings. The Labute approximate surface area is 176 Å². The molecule has 0 bridgehead atoms. The number of benzene rings is 1. The van der Waals surface area contributed by atoms with Crippen molar-refractivity contribution >= 4 is 21.6 Å². The molecule has 0 saturated heterocycles. The van der Waals surface area contributed by atoms with E-state index >= 15 is 0 Å². The van der Waals surface area contributed by atoms with E-state index in [-0.39, 0.29) is 4.90 Å². The minimum Gasteiger partial charge on any atom is -0.477 e. The first-order valence-electron chi connectivity index (χ1n) is 10.6. The summed E-state index contributed by atoms with van der Waals surface area (Å²) in [6, 6.07) is -0.683. The van der Waals surface area contributed by atoms with Crippen LogP contribution in [-0.4, -0.2) is 26.6 Å². The van der Waals surface area contributed by atoms with Crippen molar-refractivity contribution in [2.45, 2.75) is 69.7 Å². The minimum absolute atomic E-state index is 0.171. The number of carbonyl (C=O) groups excluding carboxylic acids is 1. The molecule has 2 heterocycles. The summed E-state index contributed by atoms with van der Waals surface area (Å²) in [7, 11) is -3.47. The van der Waals surface area contributed by atoms with E-state index in [4.69, 9.17) is 9.88 Å². The number of carbonyl (C=O) groups is 1. The van der Waals surface area contributed by atoms with Gasteiger partial charge in [-0.1, -0.05) is 6.92 Å². The third kappa shape index (κ3) is 3.02. The molecule has 2 atom stereocenters. The smallest absolute Gasteiger partial charge is 0.354 e. The Kier molecular flexibility index (Phi) is 4.62. The fourth-order valence-electron chi connectivity index (χ4n) is 5.19. The maximum atomic E-state index is 13.1. The zero-order chi connectivity index (χ0) is 21.0. The molecule has 2 aromatic rings. The number of nitrogens with one attached hydrogen (secondary N) is 1. The number of hydrogen-bond acceptors (Lipinski definition) is 4. The number of anilines is 1. The van der Waals surface area contributed by atoms with Crippen LogP contribution in [0.3, 0.4) is 0 Å². The molecule has 3 N–H and O–H groups in total. The van der Waals surface area contributed by atoms with Crippen molar-refractivity contribution in [3.8, 4) is 5.88 Å². The van der Waals surface area contributed by atoms with Gasteiger partial charge in [-0.15, -0.1) is 4.36 Å². The van der Waals surface area contributed by atoms with Gasteiger partial charge in [0.1, 0.15) is 4.90 Å². The van der Waals surface area contributed by atoms with E-state index in [2.05, 4.69) is 28.6 Å². The lowest BCUT2D eigenvalue weighted by Crippen LogP contribution is -2.21. The van der Waals surface area contributed by atoms with E-state index < -0.39 is 15.9 Å². The first-order chi connectivity index (χ1) is 14.4. The molecule has 160 valence electrons. The van der Waals surface area contributed by atoms with Crippen molar-refractivity contribution in [2.75, 3.05) is 11.9 Å². The topological polar surface area (TPSA) is 112 Å². The van der Waals surface area contributed by atoms with Crippen LogP contribution in [0.5, 0.6) is 5.88 Å². The van der Waals surface area contributed by atoms with Crippen LogP contribution < -0.4 is 15.2 Å². The number of nitrogens with two attached hydrogens (primary N) is 1. The van der Waals surface area contributed by atoms with Crippen LogP contribution in [0.15, 0.2) is 15.5 Å². The molecular formula is C21H27N5O3S. The second-order valence-electron chi connectivity index (χ2n) is 8.47. The Bertz CT molecular complexity index is 1180. The molecular weight excluding hydrogens is 402 g/mol. The molecule has 30 heavy (non-hydrogen) atoms. The normalized spacial score (nSPS) is 21.2. The van der Waals surface area contributed by atoms with E-state index in [1.165, 1.54) is 34.0 Å². The van der Waals surface area contributed by atoms with Gasteiger partial charge in [-0.3, -0.25) is 0 Å². The predicted molar refractivity (Wildman–Crippen MR) is 114 cm³/mol. The van der Waals surface area contributed by atoms with Gasteiger partial charge in [-0.05, 0) is 72.8 Å². The van der Waals surface area contributed by atoms with E-state index in [0.717, 1.165) is 44.2 Å². The highest BCUT2D eigenvalue weighted by Crippen LogP contribution is 2.46. The summed E-state index contributed by atoms with van der Waals surface area (Å²) in [4.78, 5) is 13.0. The molecule has 0 fully saturated rings. The van der Waals surface area contributed by atoms with Gasteiger partial charge in [-0.2, -0.15) is 5.10 Å². The van der Waals surface area contributed by atoms with E-state index in [0.29, 0.717) is 24.9 Å². The van der Waals surface area contributed by atoms with Gasteiger partial charge < -0.3 is 10.1 Å². The van der Waals surface area contributed by atoms with Gasteiger partial charge in [0.2, 0.25) is 5.88 Å². The fraction of sp³-hybridized carbons (Fsp3) is 0.524. The van der Waals surface area contributed by atoms with Crippen LogP contribution >= 0.6 is 0 Å². The highest BCUT2D eigenvalue weighted by Gasteiger charge is 2.31. The minimum atomic E-state index is -3.47. The lowest BCUT2D eigenvalue weighted by molar-refractivity contribution is 0.224. The number of nitrogens with zero attached hydrogens (tertiary/aromatic N) is 3. The van der Waals surface area contributed by atoms with Gasteiger partial charge in [0, 0.05) is 18.7 Å². The predicted octanol–water partition coefficient (Wildman–Crippen LogP) is 3.45. The highest BCUT2D eigenvalue weighted by atomic mass is 32.2. The first-order valence-corrected chi connectivity index (χ1v) is 12.2. The second-order valence-corrected chi connectivity index (χ2v) is 10.2. The quantitative estimate of drug-likeness (QED) is 0.761.